The summed E-state index contributed by atoms with van der Waals surface area (Å²) in [4.78, 5) is 26.0. The zero-order chi connectivity index (χ0) is 19.6. The largest absolute Gasteiger partial charge is 0.378 e. The van der Waals surface area contributed by atoms with Crippen LogP contribution in [0.15, 0.2) is 23.9 Å². The van der Waals surface area contributed by atoms with Gasteiger partial charge in [-0.1, -0.05) is 38.3 Å². The number of ether oxygens (including phenoxy) is 1. The Labute approximate surface area is 167 Å². The number of nitrogens with one attached hydrogen (secondary N) is 2. The zero-order valence-corrected chi connectivity index (χ0v) is 16.9. The van der Waals surface area contributed by atoms with Crippen molar-refractivity contribution in [3.63, 3.8) is 0 Å². The molecule has 0 aromatic heterocycles. The number of hydrogen-bond acceptors (Lipinski definition) is 4. The normalized spacial score (nSPS) is 33.5. The molecule has 6 heteroatoms. The molecule has 1 aliphatic heterocycles. The first-order valence-electron chi connectivity index (χ1n) is 10.8. The van der Waals surface area contributed by atoms with Crippen LogP contribution in [0.25, 0.3) is 0 Å². The van der Waals surface area contributed by atoms with E-state index in [4.69, 9.17) is 4.74 Å². The number of nitrogens with zero attached hydrogens (tertiary/aromatic N) is 1. The van der Waals surface area contributed by atoms with Gasteiger partial charge in [-0.3, -0.25) is 9.59 Å². The molecule has 4 rings (SSSR count). The van der Waals surface area contributed by atoms with Crippen molar-refractivity contribution in [2.75, 3.05) is 26.3 Å². The average molecular weight is 388 g/mol. The van der Waals surface area contributed by atoms with E-state index in [2.05, 4.69) is 40.7 Å². The molecule has 0 radical (unpaired) electrons. The van der Waals surface area contributed by atoms with E-state index in [-0.39, 0.29) is 23.4 Å². The summed E-state index contributed by atoms with van der Waals surface area (Å²) in [5, 5.41) is 6.16. The van der Waals surface area contributed by atoms with Crippen LogP contribution in [0.5, 0.6) is 0 Å². The predicted molar refractivity (Wildman–Crippen MR) is 107 cm³/mol. The van der Waals surface area contributed by atoms with Gasteiger partial charge in [0.05, 0.1) is 19.3 Å². The van der Waals surface area contributed by atoms with Gasteiger partial charge in [0.1, 0.15) is 0 Å². The van der Waals surface area contributed by atoms with Gasteiger partial charge in [-0.05, 0) is 36.2 Å². The first kappa shape index (κ1) is 19.5. The van der Waals surface area contributed by atoms with Gasteiger partial charge in [-0.15, -0.1) is 0 Å². The van der Waals surface area contributed by atoms with Gasteiger partial charge in [0.2, 0.25) is 12.3 Å². The predicted octanol–water partition coefficient (Wildman–Crippen LogP) is 1.98. The van der Waals surface area contributed by atoms with Gasteiger partial charge in [-0.25, -0.2) is 0 Å². The minimum Gasteiger partial charge on any atom is -0.378 e. The Hall–Kier alpha value is -1.82. The third-order valence-electron chi connectivity index (χ3n) is 7.32. The Bertz CT molecular complexity index is 651. The second kappa shape index (κ2) is 8.27. The van der Waals surface area contributed by atoms with Crippen molar-refractivity contribution in [1.29, 1.82) is 0 Å². The van der Waals surface area contributed by atoms with Crippen LogP contribution in [0.4, 0.5) is 0 Å². The van der Waals surface area contributed by atoms with Crippen molar-refractivity contribution >= 4 is 12.3 Å². The Morgan fingerprint density at radius 3 is 2.79 bits per heavy atom. The monoisotopic (exact) mass is 387 g/mol. The molecule has 3 aliphatic carbocycles. The van der Waals surface area contributed by atoms with Gasteiger partial charge in [0.25, 0.3) is 0 Å². The molecule has 6 nitrogen and oxygen atoms in total. The number of rotatable bonds is 8. The molecular weight excluding hydrogens is 354 g/mol. The van der Waals surface area contributed by atoms with Crippen molar-refractivity contribution in [3.05, 3.63) is 23.9 Å². The maximum atomic E-state index is 12.8. The summed E-state index contributed by atoms with van der Waals surface area (Å²) in [5.74, 6) is 1.14. The molecule has 154 valence electrons. The molecule has 2 amide bonds. The summed E-state index contributed by atoms with van der Waals surface area (Å²) >= 11 is 0. The van der Waals surface area contributed by atoms with E-state index < -0.39 is 0 Å². The lowest BCUT2D eigenvalue weighted by Gasteiger charge is -2.38. The molecule has 0 aromatic carbocycles. The first-order valence-corrected chi connectivity index (χ1v) is 10.8. The van der Waals surface area contributed by atoms with E-state index in [1.54, 1.807) is 0 Å². The highest BCUT2D eigenvalue weighted by atomic mass is 16.5. The fourth-order valence-corrected chi connectivity index (χ4v) is 5.14. The molecule has 2 saturated carbocycles. The van der Waals surface area contributed by atoms with Gasteiger partial charge >= 0.3 is 0 Å². The van der Waals surface area contributed by atoms with Crippen molar-refractivity contribution in [3.8, 4) is 0 Å². The molecule has 0 aromatic rings. The van der Waals surface area contributed by atoms with Crippen molar-refractivity contribution in [2.45, 2.75) is 57.5 Å². The SMILES string of the molecule is CC1(C(CC(=O)NC2C=CC(N3CCOCC3)=CC2)C2CCC2)C[C@H]1NC=O. The second-order valence-corrected chi connectivity index (χ2v) is 9.05. The number of carbonyl (C=O) groups is 2. The molecule has 0 bridgehead atoms. The third kappa shape index (κ3) is 4.12. The molecule has 1 heterocycles. The smallest absolute Gasteiger partial charge is 0.220 e. The molecule has 0 spiro atoms. The molecule has 4 atom stereocenters. The highest BCUT2D eigenvalue weighted by Crippen LogP contribution is 2.58. The number of morpholine rings is 1. The van der Waals surface area contributed by atoms with Crippen molar-refractivity contribution < 1.29 is 14.3 Å². The van der Waals surface area contributed by atoms with E-state index in [1.807, 2.05) is 0 Å². The quantitative estimate of drug-likeness (QED) is 0.625. The van der Waals surface area contributed by atoms with Gasteiger partial charge in [0.15, 0.2) is 0 Å². The zero-order valence-electron chi connectivity index (χ0n) is 16.9. The summed E-state index contributed by atoms with van der Waals surface area (Å²) in [6, 6.07) is 0.312. The number of carbonyl (C=O) groups excluding carboxylic acids is 2. The fourth-order valence-electron chi connectivity index (χ4n) is 5.14. The van der Waals surface area contributed by atoms with Gasteiger partial charge < -0.3 is 20.3 Å². The van der Waals surface area contributed by atoms with Crippen LogP contribution >= 0.6 is 0 Å². The molecule has 28 heavy (non-hydrogen) atoms. The van der Waals surface area contributed by atoms with Crippen LogP contribution in [-0.4, -0.2) is 55.6 Å². The van der Waals surface area contributed by atoms with E-state index in [0.717, 1.165) is 45.6 Å². The Morgan fingerprint density at radius 1 is 1.39 bits per heavy atom. The van der Waals surface area contributed by atoms with E-state index in [1.165, 1.54) is 25.0 Å². The van der Waals surface area contributed by atoms with Gasteiger partial charge in [-0.2, -0.15) is 0 Å². The minimum absolute atomic E-state index is 0.0785. The average Bonchev–Trinajstić information content (AvgIpc) is 3.32. The maximum Gasteiger partial charge on any atom is 0.220 e. The molecule has 1 saturated heterocycles. The van der Waals surface area contributed by atoms with Crippen LogP contribution in [-0.2, 0) is 14.3 Å². The highest BCUT2D eigenvalue weighted by Gasteiger charge is 2.57. The number of amides is 2. The summed E-state index contributed by atoms with van der Waals surface area (Å²) in [5.41, 5.74) is 1.32. The Morgan fingerprint density at radius 2 is 2.18 bits per heavy atom. The molecular formula is C22H33N3O3. The van der Waals surface area contributed by atoms with E-state index >= 15 is 0 Å². The summed E-state index contributed by atoms with van der Waals surface area (Å²) in [6.45, 7) is 5.68. The van der Waals surface area contributed by atoms with Crippen LogP contribution < -0.4 is 10.6 Å². The molecule has 3 fully saturated rings. The van der Waals surface area contributed by atoms with E-state index in [9.17, 15) is 9.59 Å². The van der Waals surface area contributed by atoms with Crippen LogP contribution in [0, 0.1) is 17.3 Å². The summed E-state index contributed by atoms with van der Waals surface area (Å²) in [6.07, 6.45) is 13.4. The standard InChI is InChI=1S/C22H33N3O3/c1-22(14-20(22)23-15-26)19(16-3-2-4-16)13-21(27)24-17-5-7-18(8-6-17)25-9-11-28-12-10-25/h5,7-8,15-17,19-20H,2-4,6,9-14H2,1H3,(H,23,26)(H,24,27)/t17?,19?,20-,22?/m1/s1. The van der Waals surface area contributed by atoms with Gasteiger partial charge in [0, 0.05) is 31.2 Å². The Kier molecular flexibility index (Phi) is 5.76. The topological polar surface area (TPSA) is 70.7 Å². The lowest BCUT2D eigenvalue weighted by atomic mass is 9.67. The number of hydrogen-bond donors (Lipinski definition) is 2. The molecule has 4 aliphatic rings. The van der Waals surface area contributed by atoms with E-state index in [0.29, 0.717) is 18.3 Å². The lowest BCUT2D eigenvalue weighted by molar-refractivity contribution is -0.124. The molecule has 2 N–H and O–H groups in total. The second-order valence-electron chi connectivity index (χ2n) is 9.05. The number of allylic oxidation sites excluding steroid dienone is 1. The highest BCUT2D eigenvalue weighted by molar-refractivity contribution is 5.77. The van der Waals surface area contributed by atoms with Crippen molar-refractivity contribution in [2.24, 2.45) is 17.3 Å². The summed E-state index contributed by atoms with van der Waals surface area (Å²) in [7, 11) is 0. The first-order chi connectivity index (χ1) is 13.6. The van der Waals surface area contributed by atoms with Crippen LogP contribution in [0.3, 0.4) is 0 Å². The third-order valence-corrected chi connectivity index (χ3v) is 7.32. The Balaban J connectivity index is 1.29. The van der Waals surface area contributed by atoms with Crippen molar-refractivity contribution in [1.82, 2.24) is 15.5 Å². The maximum absolute atomic E-state index is 12.8. The fraction of sp³-hybridized carbons (Fsp3) is 0.727. The lowest BCUT2D eigenvalue weighted by Crippen LogP contribution is -2.41. The van der Waals surface area contributed by atoms with Crippen LogP contribution in [0.1, 0.15) is 45.4 Å². The minimum atomic E-state index is 0.0785. The molecule has 3 unspecified atom stereocenters. The van der Waals surface area contributed by atoms with Crippen LogP contribution in [0.2, 0.25) is 0 Å². The summed E-state index contributed by atoms with van der Waals surface area (Å²) < 4.78 is 5.42.